The van der Waals surface area contributed by atoms with Gasteiger partial charge in [0.05, 0.1) is 23.1 Å². The molecule has 1 heterocycles. The second-order valence-electron chi connectivity index (χ2n) is 10.5. The number of carbonyl (C=O) groups is 5. The van der Waals surface area contributed by atoms with Crippen molar-refractivity contribution < 1.29 is 28.7 Å². The molecule has 3 fully saturated rings. The van der Waals surface area contributed by atoms with Crippen molar-refractivity contribution in [2.45, 2.75) is 18.8 Å². The number of hydrazine groups is 1. The summed E-state index contributed by atoms with van der Waals surface area (Å²) in [5.41, 5.74) is 6.42. The summed E-state index contributed by atoms with van der Waals surface area (Å²) in [5, 5.41) is 0. The van der Waals surface area contributed by atoms with E-state index in [4.69, 9.17) is 4.74 Å². The second kappa shape index (κ2) is 10.4. The van der Waals surface area contributed by atoms with Crippen LogP contribution in [0.2, 0.25) is 0 Å². The number of nitrogens with one attached hydrogen (secondary N) is 2. The summed E-state index contributed by atoms with van der Waals surface area (Å²) >= 11 is 0. The summed E-state index contributed by atoms with van der Waals surface area (Å²) < 4.78 is 5.09. The maximum atomic E-state index is 13.6. The average molecular weight is 538 g/mol. The highest BCUT2D eigenvalue weighted by molar-refractivity contribution is 6.23. The number of nitrogens with zero attached hydrogens (tertiary/aromatic N) is 1. The number of hydrogen-bond acceptors (Lipinski definition) is 6. The molecule has 0 radical (unpaired) electrons. The van der Waals surface area contributed by atoms with Gasteiger partial charge in [-0.1, -0.05) is 54.6 Å². The van der Waals surface area contributed by atoms with Gasteiger partial charge in [-0.25, -0.2) is 4.79 Å². The molecule has 202 valence electrons. The van der Waals surface area contributed by atoms with E-state index in [-0.39, 0.29) is 47.0 Å². The molecule has 1 aliphatic heterocycles. The Morgan fingerprint density at radius 1 is 0.775 bits per heavy atom. The van der Waals surface area contributed by atoms with Crippen molar-refractivity contribution in [1.82, 2.24) is 10.9 Å². The van der Waals surface area contributed by atoms with E-state index < -0.39 is 24.4 Å². The van der Waals surface area contributed by atoms with Gasteiger partial charge in [0.15, 0.2) is 6.61 Å². The van der Waals surface area contributed by atoms with Crippen molar-refractivity contribution in [3.05, 3.63) is 102 Å². The van der Waals surface area contributed by atoms with E-state index in [1.807, 2.05) is 18.2 Å². The highest BCUT2D eigenvalue weighted by Crippen LogP contribution is 2.61. The minimum Gasteiger partial charge on any atom is -0.452 e. The summed E-state index contributed by atoms with van der Waals surface area (Å²) in [5.74, 6) is -2.62. The van der Waals surface area contributed by atoms with Crippen LogP contribution in [0.3, 0.4) is 0 Å². The molecule has 3 aromatic carbocycles. The Balaban J connectivity index is 1.09. The third-order valence-corrected chi connectivity index (χ3v) is 8.27. The van der Waals surface area contributed by atoms with Crippen LogP contribution in [0, 0.1) is 23.7 Å². The van der Waals surface area contributed by atoms with Crippen molar-refractivity contribution in [1.29, 1.82) is 0 Å². The molecule has 4 amide bonds. The normalized spacial score (nSPS) is 24.5. The van der Waals surface area contributed by atoms with Gasteiger partial charge in [-0.3, -0.25) is 34.9 Å². The van der Waals surface area contributed by atoms with Gasteiger partial charge in [0.1, 0.15) is 0 Å². The Bertz CT molecular complexity index is 1490. The standard InChI is InChI=1S/C31H27N3O6/c35-25(32-33-28(36)19-10-5-2-6-11-19)17-40-31(39)20-12-7-13-22(14-20)34-29(37)26-21-15-23(18-8-3-1-4-9-18)24(16-21)27(26)30(34)38/h1-14,21,23-24,26-27H,15-17H2,(H,32,35)(H,33,36)/t21-,23+,24+,26+,27-/m0/s1. The zero-order valence-electron chi connectivity index (χ0n) is 21.5. The van der Waals surface area contributed by atoms with Crippen molar-refractivity contribution in [2.24, 2.45) is 23.7 Å². The highest BCUT2D eigenvalue weighted by atomic mass is 16.5. The van der Waals surface area contributed by atoms with Gasteiger partial charge in [-0.2, -0.15) is 0 Å². The van der Waals surface area contributed by atoms with Crippen LogP contribution in [-0.2, 0) is 19.1 Å². The molecule has 2 aliphatic carbocycles. The van der Waals surface area contributed by atoms with Gasteiger partial charge in [-0.15, -0.1) is 0 Å². The molecule has 40 heavy (non-hydrogen) atoms. The van der Waals surface area contributed by atoms with Crippen molar-refractivity contribution in [3.8, 4) is 0 Å². The fourth-order valence-electron chi connectivity index (χ4n) is 6.61. The molecule has 5 atom stereocenters. The predicted molar refractivity (Wildman–Crippen MR) is 144 cm³/mol. The van der Waals surface area contributed by atoms with Crippen LogP contribution in [-0.4, -0.2) is 36.2 Å². The summed E-state index contributed by atoms with van der Waals surface area (Å²) in [6, 6.07) is 24.6. The predicted octanol–water partition coefficient (Wildman–Crippen LogP) is 3.23. The number of esters is 1. The van der Waals surface area contributed by atoms with Crippen LogP contribution in [0.5, 0.6) is 0 Å². The van der Waals surface area contributed by atoms with E-state index in [2.05, 4.69) is 23.0 Å². The number of imide groups is 1. The zero-order chi connectivity index (χ0) is 27.8. The first kappa shape index (κ1) is 25.5. The monoisotopic (exact) mass is 537 g/mol. The number of ether oxygens (including phenoxy) is 1. The van der Waals surface area contributed by atoms with Crippen LogP contribution < -0.4 is 15.8 Å². The smallest absolute Gasteiger partial charge is 0.338 e. The van der Waals surface area contributed by atoms with Gasteiger partial charge in [-0.05, 0) is 66.5 Å². The summed E-state index contributed by atoms with van der Waals surface area (Å²) in [4.78, 5) is 65.1. The first-order chi connectivity index (χ1) is 19.4. The van der Waals surface area contributed by atoms with Crippen LogP contribution in [0.1, 0.15) is 45.0 Å². The maximum Gasteiger partial charge on any atom is 0.338 e. The number of anilines is 1. The maximum absolute atomic E-state index is 13.6. The van der Waals surface area contributed by atoms with E-state index in [0.29, 0.717) is 11.3 Å². The number of fused-ring (bicyclic) bond motifs is 5. The van der Waals surface area contributed by atoms with Gasteiger partial charge < -0.3 is 4.74 Å². The van der Waals surface area contributed by atoms with Crippen molar-refractivity contribution >= 4 is 35.3 Å². The largest absolute Gasteiger partial charge is 0.452 e. The van der Waals surface area contributed by atoms with E-state index >= 15 is 0 Å². The van der Waals surface area contributed by atoms with Gasteiger partial charge in [0.25, 0.3) is 11.8 Å². The topological polar surface area (TPSA) is 122 Å². The summed E-state index contributed by atoms with van der Waals surface area (Å²) in [6.45, 7) is -0.631. The molecule has 2 saturated carbocycles. The molecule has 2 bridgehead atoms. The Labute approximate surface area is 230 Å². The zero-order valence-corrected chi connectivity index (χ0v) is 21.5. The van der Waals surface area contributed by atoms with Crippen LogP contribution in [0.25, 0.3) is 0 Å². The highest BCUT2D eigenvalue weighted by Gasteiger charge is 2.64. The first-order valence-electron chi connectivity index (χ1n) is 13.3. The lowest BCUT2D eigenvalue weighted by Crippen LogP contribution is -2.43. The second-order valence-corrected chi connectivity index (χ2v) is 10.5. The minimum absolute atomic E-state index is 0.0985. The molecule has 1 saturated heterocycles. The Morgan fingerprint density at radius 2 is 1.45 bits per heavy atom. The lowest BCUT2D eigenvalue weighted by molar-refractivity contribution is -0.125. The number of benzene rings is 3. The quantitative estimate of drug-likeness (QED) is 0.283. The fraction of sp³-hybridized carbons (Fsp3) is 0.258. The Morgan fingerprint density at radius 3 is 2.20 bits per heavy atom. The average Bonchev–Trinajstić information content (AvgIpc) is 3.66. The molecule has 0 spiro atoms. The molecule has 3 aromatic rings. The first-order valence-corrected chi connectivity index (χ1v) is 13.3. The third-order valence-electron chi connectivity index (χ3n) is 8.27. The van der Waals surface area contributed by atoms with Gasteiger partial charge in [0, 0.05) is 5.56 Å². The number of rotatable bonds is 6. The minimum atomic E-state index is -0.796. The van der Waals surface area contributed by atoms with E-state index in [0.717, 1.165) is 12.8 Å². The number of carbonyl (C=O) groups excluding carboxylic acids is 5. The molecule has 6 rings (SSSR count). The number of amides is 4. The van der Waals surface area contributed by atoms with Crippen molar-refractivity contribution in [3.63, 3.8) is 0 Å². The molecule has 3 aliphatic rings. The molecule has 9 nitrogen and oxygen atoms in total. The molecule has 9 heteroatoms. The fourth-order valence-corrected chi connectivity index (χ4v) is 6.61. The van der Waals surface area contributed by atoms with Crippen LogP contribution in [0.15, 0.2) is 84.9 Å². The Hall–Kier alpha value is -4.79. The SMILES string of the molecule is O=C(COC(=O)c1cccc(N2C(=O)[C@@H]3[C@@H]4C[C@@H]([C@@H]3C2=O)[C@@H](c2ccccc2)C4)c1)NNC(=O)c1ccccc1. The van der Waals surface area contributed by atoms with Crippen LogP contribution >= 0.6 is 0 Å². The summed E-state index contributed by atoms with van der Waals surface area (Å²) in [6.07, 6.45) is 1.77. The van der Waals surface area contributed by atoms with E-state index in [9.17, 15) is 24.0 Å². The van der Waals surface area contributed by atoms with Gasteiger partial charge >= 0.3 is 5.97 Å². The van der Waals surface area contributed by atoms with E-state index in [1.54, 1.807) is 42.5 Å². The Kier molecular flexibility index (Phi) is 6.63. The lowest BCUT2D eigenvalue weighted by Gasteiger charge is -2.28. The van der Waals surface area contributed by atoms with Crippen LogP contribution in [0.4, 0.5) is 5.69 Å². The molecule has 0 unspecified atom stereocenters. The third kappa shape index (κ3) is 4.53. The molecular weight excluding hydrogens is 510 g/mol. The molecule has 0 aromatic heterocycles. The van der Waals surface area contributed by atoms with Gasteiger partial charge in [0.2, 0.25) is 11.8 Å². The van der Waals surface area contributed by atoms with Crippen molar-refractivity contribution in [2.75, 3.05) is 11.5 Å². The molecule has 2 N–H and O–H groups in total. The lowest BCUT2D eigenvalue weighted by atomic mass is 9.73. The summed E-state index contributed by atoms with van der Waals surface area (Å²) in [7, 11) is 0. The number of hydrogen-bond donors (Lipinski definition) is 2. The van der Waals surface area contributed by atoms with E-state index in [1.165, 1.54) is 22.6 Å². The molecular formula is C31H27N3O6.